The molecule has 2 aromatic heterocycles. The van der Waals surface area contributed by atoms with Crippen LogP contribution in [-0.4, -0.2) is 25.1 Å². The molecule has 9 heteroatoms. The van der Waals surface area contributed by atoms with Gasteiger partial charge < -0.3 is 20.2 Å². The highest BCUT2D eigenvalue weighted by Crippen LogP contribution is 2.37. The lowest BCUT2D eigenvalue weighted by Crippen LogP contribution is -2.24. The van der Waals surface area contributed by atoms with E-state index in [1.807, 2.05) is 0 Å². The number of rotatable bonds is 4. The predicted molar refractivity (Wildman–Crippen MR) is 101 cm³/mol. The first-order chi connectivity index (χ1) is 13.2. The van der Waals surface area contributed by atoms with Crippen LogP contribution in [0.15, 0.2) is 46.0 Å². The van der Waals surface area contributed by atoms with Gasteiger partial charge in [0.15, 0.2) is 0 Å². The van der Waals surface area contributed by atoms with Crippen LogP contribution < -0.4 is 11.1 Å². The minimum absolute atomic E-state index is 0.149. The maximum atomic E-state index is 12.6. The van der Waals surface area contributed by atoms with Crippen molar-refractivity contribution >= 4 is 5.69 Å². The molecular formula is C19H17N3O6. The molecule has 2 heterocycles. The largest absolute Gasteiger partial charge is 0.507 e. The quantitative estimate of drug-likeness (QED) is 0.401. The summed E-state index contributed by atoms with van der Waals surface area (Å²) in [5.41, 5.74) is -0.605. The summed E-state index contributed by atoms with van der Waals surface area (Å²) in [5.74, 6) is -1.86. The van der Waals surface area contributed by atoms with E-state index in [1.54, 1.807) is 13.8 Å². The van der Waals surface area contributed by atoms with Crippen LogP contribution in [0, 0.1) is 24.0 Å². The van der Waals surface area contributed by atoms with Gasteiger partial charge in [0.1, 0.15) is 11.5 Å². The second-order valence-electron chi connectivity index (χ2n) is 6.44. The Morgan fingerprint density at radius 3 is 1.68 bits per heavy atom. The SMILES string of the molecule is Cc1cc(O)c(C(c2ccc([N+](=O)[O-])cc2)c2c(O)cc(C)[nH]c2=O)c(=O)[nH]1. The van der Waals surface area contributed by atoms with Crippen molar-refractivity contribution in [2.45, 2.75) is 19.8 Å². The van der Waals surface area contributed by atoms with Gasteiger partial charge in [-0.1, -0.05) is 12.1 Å². The summed E-state index contributed by atoms with van der Waals surface area (Å²) in [7, 11) is 0. The van der Waals surface area contributed by atoms with Crippen molar-refractivity contribution < 1.29 is 15.1 Å². The Morgan fingerprint density at radius 1 is 0.893 bits per heavy atom. The van der Waals surface area contributed by atoms with Gasteiger partial charge in [-0.05, 0) is 31.5 Å². The van der Waals surface area contributed by atoms with Gasteiger partial charge in [-0.25, -0.2) is 0 Å². The Bertz CT molecular complexity index is 1110. The van der Waals surface area contributed by atoms with Crippen LogP contribution in [0.3, 0.4) is 0 Å². The van der Waals surface area contributed by atoms with E-state index in [2.05, 4.69) is 9.97 Å². The number of non-ortho nitro benzene ring substituents is 1. The Kier molecular flexibility index (Phi) is 4.74. The summed E-state index contributed by atoms with van der Waals surface area (Å²) in [6.07, 6.45) is 0. The number of hydrogen-bond acceptors (Lipinski definition) is 6. The lowest BCUT2D eigenvalue weighted by atomic mass is 9.85. The highest BCUT2D eigenvalue weighted by molar-refractivity contribution is 5.52. The average Bonchev–Trinajstić information content (AvgIpc) is 2.58. The number of nitro benzene ring substituents is 1. The topological polar surface area (TPSA) is 149 Å². The molecule has 0 fully saturated rings. The van der Waals surface area contributed by atoms with E-state index in [0.717, 1.165) is 0 Å². The van der Waals surface area contributed by atoms with Crippen molar-refractivity contribution in [1.82, 2.24) is 9.97 Å². The molecule has 28 heavy (non-hydrogen) atoms. The molecule has 0 radical (unpaired) electrons. The number of pyridine rings is 2. The molecular weight excluding hydrogens is 366 g/mol. The van der Waals surface area contributed by atoms with Crippen LogP contribution in [-0.2, 0) is 0 Å². The Balaban J connectivity index is 2.35. The van der Waals surface area contributed by atoms with Crippen molar-refractivity contribution in [3.05, 3.63) is 95.3 Å². The molecule has 144 valence electrons. The highest BCUT2D eigenvalue weighted by Gasteiger charge is 2.29. The zero-order chi connectivity index (χ0) is 20.6. The zero-order valence-corrected chi connectivity index (χ0v) is 15.0. The van der Waals surface area contributed by atoms with E-state index >= 15 is 0 Å². The fourth-order valence-corrected chi connectivity index (χ4v) is 3.19. The van der Waals surface area contributed by atoms with E-state index in [9.17, 15) is 29.9 Å². The van der Waals surface area contributed by atoms with Crippen LogP contribution in [0.1, 0.15) is 34.0 Å². The van der Waals surface area contributed by atoms with Crippen LogP contribution in [0.5, 0.6) is 11.5 Å². The van der Waals surface area contributed by atoms with Gasteiger partial charge in [-0.3, -0.25) is 19.7 Å². The van der Waals surface area contributed by atoms with Gasteiger partial charge in [-0.15, -0.1) is 0 Å². The van der Waals surface area contributed by atoms with E-state index < -0.39 is 22.0 Å². The molecule has 3 rings (SSSR count). The molecule has 0 bridgehead atoms. The number of benzene rings is 1. The van der Waals surface area contributed by atoms with Crippen molar-refractivity contribution in [3.63, 3.8) is 0 Å². The first kappa shape index (κ1) is 18.9. The fourth-order valence-electron chi connectivity index (χ4n) is 3.19. The molecule has 0 unspecified atom stereocenters. The smallest absolute Gasteiger partial charge is 0.269 e. The minimum Gasteiger partial charge on any atom is -0.507 e. The van der Waals surface area contributed by atoms with Crippen molar-refractivity contribution in [2.75, 3.05) is 0 Å². The van der Waals surface area contributed by atoms with Crippen molar-refractivity contribution in [2.24, 2.45) is 0 Å². The number of nitro groups is 1. The van der Waals surface area contributed by atoms with Crippen LogP contribution in [0.2, 0.25) is 0 Å². The monoisotopic (exact) mass is 383 g/mol. The summed E-state index contributed by atoms with van der Waals surface area (Å²) in [6, 6.07) is 7.85. The maximum Gasteiger partial charge on any atom is 0.269 e. The fraction of sp³-hybridized carbons (Fsp3) is 0.158. The first-order valence-electron chi connectivity index (χ1n) is 8.29. The number of aromatic amines is 2. The Hall–Kier alpha value is -3.88. The molecule has 0 aliphatic carbocycles. The van der Waals surface area contributed by atoms with Crippen LogP contribution in [0.4, 0.5) is 5.69 Å². The molecule has 4 N–H and O–H groups in total. The number of aromatic hydroxyl groups is 2. The molecule has 9 nitrogen and oxygen atoms in total. The minimum atomic E-state index is -1.14. The summed E-state index contributed by atoms with van der Waals surface area (Å²) in [4.78, 5) is 40.7. The van der Waals surface area contributed by atoms with Gasteiger partial charge in [0.2, 0.25) is 0 Å². The summed E-state index contributed by atoms with van der Waals surface area (Å²) in [6.45, 7) is 3.17. The number of aryl methyl sites for hydroxylation is 2. The molecule has 0 saturated carbocycles. The maximum absolute atomic E-state index is 12.6. The lowest BCUT2D eigenvalue weighted by Gasteiger charge is -2.19. The lowest BCUT2D eigenvalue weighted by molar-refractivity contribution is -0.384. The number of aromatic nitrogens is 2. The second-order valence-corrected chi connectivity index (χ2v) is 6.44. The van der Waals surface area contributed by atoms with E-state index in [-0.39, 0.29) is 28.3 Å². The normalized spacial score (nSPS) is 11.0. The number of H-pyrrole nitrogens is 2. The number of nitrogens with zero attached hydrogens (tertiary/aromatic N) is 1. The molecule has 3 aromatic rings. The Morgan fingerprint density at radius 2 is 1.32 bits per heavy atom. The molecule has 0 spiro atoms. The zero-order valence-electron chi connectivity index (χ0n) is 15.0. The van der Waals surface area contributed by atoms with Crippen LogP contribution in [0.25, 0.3) is 0 Å². The van der Waals surface area contributed by atoms with Gasteiger partial charge in [0.25, 0.3) is 16.8 Å². The van der Waals surface area contributed by atoms with Gasteiger partial charge in [0, 0.05) is 23.5 Å². The number of nitrogens with one attached hydrogen (secondary N) is 2. The third kappa shape index (κ3) is 3.37. The highest BCUT2D eigenvalue weighted by atomic mass is 16.6. The summed E-state index contributed by atoms with van der Waals surface area (Å²) < 4.78 is 0. The third-order valence-electron chi connectivity index (χ3n) is 4.38. The summed E-state index contributed by atoms with van der Waals surface area (Å²) >= 11 is 0. The molecule has 0 amide bonds. The summed E-state index contributed by atoms with van der Waals surface area (Å²) in [5, 5.41) is 31.8. The van der Waals surface area contributed by atoms with Gasteiger partial charge in [-0.2, -0.15) is 0 Å². The van der Waals surface area contributed by atoms with E-state index in [1.165, 1.54) is 36.4 Å². The van der Waals surface area contributed by atoms with Crippen LogP contribution >= 0.6 is 0 Å². The molecule has 0 aliphatic rings. The first-order valence-corrected chi connectivity index (χ1v) is 8.29. The predicted octanol–water partition coefficient (Wildman–Crippen LogP) is 2.18. The second kappa shape index (κ2) is 7.03. The average molecular weight is 383 g/mol. The van der Waals surface area contributed by atoms with E-state index in [0.29, 0.717) is 17.0 Å². The number of hydrogen-bond donors (Lipinski definition) is 4. The van der Waals surface area contributed by atoms with Gasteiger partial charge in [0.05, 0.1) is 22.0 Å². The van der Waals surface area contributed by atoms with Crippen molar-refractivity contribution in [3.8, 4) is 11.5 Å². The van der Waals surface area contributed by atoms with Crippen molar-refractivity contribution in [1.29, 1.82) is 0 Å². The molecule has 0 atom stereocenters. The third-order valence-corrected chi connectivity index (χ3v) is 4.38. The molecule has 0 saturated heterocycles. The Labute approximate surface area is 158 Å². The molecule has 1 aromatic carbocycles. The van der Waals surface area contributed by atoms with Gasteiger partial charge >= 0.3 is 0 Å². The molecule has 0 aliphatic heterocycles. The standard InChI is InChI=1S/C19H17N3O6/c1-9-7-13(23)16(18(25)20-9)15(11-3-5-12(6-4-11)22(27)28)17-14(24)8-10(2)21-19(17)26/h3-8,15H,1-2H3,(H2,20,23,25)(H2,21,24,26). The van der Waals surface area contributed by atoms with E-state index in [4.69, 9.17) is 0 Å².